The van der Waals surface area contributed by atoms with Crippen LogP contribution in [0.5, 0.6) is 0 Å². The number of hydrogen-bond acceptors (Lipinski definition) is 3. The van der Waals surface area contributed by atoms with Gasteiger partial charge in [0.1, 0.15) is 0 Å². The monoisotopic (exact) mass is 485 g/mol. The van der Waals surface area contributed by atoms with E-state index >= 15 is 0 Å². The van der Waals surface area contributed by atoms with Gasteiger partial charge in [-0.1, -0.05) is 43.3 Å². The molecule has 3 aromatic rings. The van der Waals surface area contributed by atoms with E-state index < -0.39 is 6.09 Å². The largest absolute Gasteiger partial charge is 0.465 e. The first-order valence-electron chi connectivity index (χ1n) is 13.1. The van der Waals surface area contributed by atoms with Gasteiger partial charge in [0.05, 0.1) is 0 Å². The maximum atomic E-state index is 13.0. The summed E-state index contributed by atoms with van der Waals surface area (Å²) in [6, 6.07) is 20.7. The van der Waals surface area contributed by atoms with E-state index in [-0.39, 0.29) is 5.91 Å². The molecule has 1 saturated heterocycles. The van der Waals surface area contributed by atoms with Gasteiger partial charge in [-0.25, -0.2) is 4.79 Å². The molecule has 0 radical (unpaired) electrons. The van der Waals surface area contributed by atoms with E-state index in [1.807, 2.05) is 42.5 Å². The van der Waals surface area contributed by atoms with Crippen molar-refractivity contribution >= 4 is 28.5 Å². The summed E-state index contributed by atoms with van der Waals surface area (Å²) in [4.78, 5) is 28.3. The number of carboxylic acid groups (broad SMARTS) is 1. The molecular formula is C30H35N3O3. The number of anilines is 1. The summed E-state index contributed by atoms with van der Waals surface area (Å²) in [5.41, 5.74) is 4.20. The van der Waals surface area contributed by atoms with Crippen LogP contribution < -0.4 is 5.32 Å². The smallest absolute Gasteiger partial charge is 0.407 e. The lowest BCUT2D eigenvalue weighted by atomic mass is 9.86. The summed E-state index contributed by atoms with van der Waals surface area (Å²) in [6.07, 6.45) is 4.25. The van der Waals surface area contributed by atoms with Crippen molar-refractivity contribution < 1.29 is 14.7 Å². The Morgan fingerprint density at radius 3 is 2.50 bits per heavy atom. The molecule has 188 valence electrons. The molecule has 6 heteroatoms. The Kier molecular flexibility index (Phi) is 7.23. The van der Waals surface area contributed by atoms with Gasteiger partial charge in [-0.3, -0.25) is 4.79 Å². The van der Waals surface area contributed by atoms with Crippen molar-refractivity contribution in [3.63, 3.8) is 0 Å². The van der Waals surface area contributed by atoms with Crippen LogP contribution in [0.25, 0.3) is 10.8 Å². The van der Waals surface area contributed by atoms with E-state index in [4.69, 9.17) is 0 Å². The quantitative estimate of drug-likeness (QED) is 0.472. The second-order valence-corrected chi connectivity index (χ2v) is 10.2. The van der Waals surface area contributed by atoms with Crippen molar-refractivity contribution in [2.75, 3.05) is 31.5 Å². The molecular weight excluding hydrogens is 450 g/mol. The molecule has 1 aliphatic heterocycles. The van der Waals surface area contributed by atoms with Gasteiger partial charge in [0.15, 0.2) is 0 Å². The number of nitrogens with zero attached hydrogens (tertiary/aromatic N) is 2. The van der Waals surface area contributed by atoms with Crippen LogP contribution in [0, 0.1) is 5.92 Å². The number of fused-ring (bicyclic) bond motifs is 2. The maximum Gasteiger partial charge on any atom is 0.407 e. The first-order chi connectivity index (χ1) is 17.5. The SMILES string of the molecule is CCN(CC1CCN(C(=O)O)CC1)C1CCc2ccc(NC(=O)c3ccc4ccccc4c3)cc2C1. The number of hydrogen-bond donors (Lipinski definition) is 2. The third kappa shape index (κ3) is 5.39. The zero-order valence-electron chi connectivity index (χ0n) is 21.0. The van der Waals surface area contributed by atoms with Crippen LogP contribution in [-0.2, 0) is 12.8 Å². The highest BCUT2D eigenvalue weighted by atomic mass is 16.4. The summed E-state index contributed by atoms with van der Waals surface area (Å²) in [6.45, 7) is 5.54. The number of aryl methyl sites for hydroxylation is 1. The minimum absolute atomic E-state index is 0.0871. The lowest BCUT2D eigenvalue weighted by Crippen LogP contribution is -2.45. The van der Waals surface area contributed by atoms with Gasteiger partial charge in [-0.15, -0.1) is 0 Å². The number of carbonyl (C=O) groups is 2. The van der Waals surface area contributed by atoms with Gasteiger partial charge in [0, 0.05) is 36.9 Å². The normalized spacial score (nSPS) is 18.3. The van der Waals surface area contributed by atoms with E-state index in [2.05, 4.69) is 35.3 Å². The summed E-state index contributed by atoms with van der Waals surface area (Å²) in [7, 11) is 0. The molecule has 3 aromatic carbocycles. The Morgan fingerprint density at radius 2 is 1.75 bits per heavy atom. The lowest BCUT2D eigenvalue weighted by molar-refractivity contribution is 0.101. The van der Waals surface area contributed by atoms with Crippen molar-refractivity contribution in [2.45, 2.75) is 45.1 Å². The number of amides is 2. The zero-order chi connectivity index (χ0) is 25.1. The molecule has 2 amide bonds. The highest BCUT2D eigenvalue weighted by Gasteiger charge is 2.28. The van der Waals surface area contributed by atoms with Crippen LogP contribution in [-0.4, -0.2) is 59.1 Å². The van der Waals surface area contributed by atoms with Gasteiger partial charge >= 0.3 is 6.09 Å². The third-order valence-corrected chi connectivity index (χ3v) is 7.98. The number of benzene rings is 3. The first kappa shape index (κ1) is 24.3. The number of nitrogens with one attached hydrogen (secondary N) is 1. The average Bonchev–Trinajstić information content (AvgIpc) is 2.91. The van der Waals surface area contributed by atoms with Crippen LogP contribution in [0.2, 0.25) is 0 Å². The van der Waals surface area contributed by atoms with Crippen LogP contribution in [0.4, 0.5) is 10.5 Å². The predicted octanol–water partition coefficient (Wildman–Crippen LogP) is 5.66. The Bertz CT molecular complexity index is 1250. The second-order valence-electron chi connectivity index (χ2n) is 10.2. The molecule has 0 aromatic heterocycles. The number of rotatable bonds is 6. The van der Waals surface area contributed by atoms with E-state index in [0.29, 0.717) is 30.6 Å². The molecule has 0 spiro atoms. The van der Waals surface area contributed by atoms with Gasteiger partial charge in [-0.2, -0.15) is 0 Å². The molecule has 1 aliphatic carbocycles. The molecule has 36 heavy (non-hydrogen) atoms. The number of piperidine rings is 1. The predicted molar refractivity (Wildman–Crippen MR) is 144 cm³/mol. The number of likely N-dealkylation sites (tertiary alicyclic amines) is 1. The van der Waals surface area contributed by atoms with Crippen LogP contribution in [0.3, 0.4) is 0 Å². The first-order valence-corrected chi connectivity index (χ1v) is 13.1. The molecule has 1 heterocycles. The van der Waals surface area contributed by atoms with Gasteiger partial charge in [0.25, 0.3) is 5.91 Å². The van der Waals surface area contributed by atoms with Crippen molar-refractivity contribution in [1.29, 1.82) is 0 Å². The van der Waals surface area contributed by atoms with Gasteiger partial charge < -0.3 is 20.2 Å². The molecule has 1 fully saturated rings. The van der Waals surface area contributed by atoms with E-state index in [1.54, 1.807) is 0 Å². The topological polar surface area (TPSA) is 72.9 Å². The lowest BCUT2D eigenvalue weighted by Gasteiger charge is -2.39. The van der Waals surface area contributed by atoms with Crippen LogP contribution in [0.1, 0.15) is 47.7 Å². The summed E-state index contributed by atoms with van der Waals surface area (Å²) < 4.78 is 0. The molecule has 5 rings (SSSR count). The fourth-order valence-electron chi connectivity index (χ4n) is 5.84. The van der Waals surface area contributed by atoms with Crippen molar-refractivity contribution in [3.8, 4) is 0 Å². The van der Waals surface area contributed by atoms with Gasteiger partial charge in [0.2, 0.25) is 0 Å². The minimum atomic E-state index is -0.798. The van der Waals surface area contributed by atoms with Crippen molar-refractivity contribution in [3.05, 3.63) is 77.4 Å². The summed E-state index contributed by atoms with van der Waals surface area (Å²) >= 11 is 0. The molecule has 1 unspecified atom stereocenters. The van der Waals surface area contributed by atoms with Crippen molar-refractivity contribution in [1.82, 2.24) is 9.80 Å². The second kappa shape index (κ2) is 10.7. The standard InChI is InChI=1S/C30H35N3O3/c1-2-32(20-21-13-15-33(16-14-21)30(35)36)28-12-10-23-9-11-27(18-26(23)19-28)31-29(34)25-8-7-22-5-3-4-6-24(22)17-25/h3-9,11,17-18,21,28H,2,10,12-16,19-20H2,1H3,(H,31,34)(H,35,36). The molecule has 0 bridgehead atoms. The fourth-order valence-corrected chi connectivity index (χ4v) is 5.84. The zero-order valence-corrected chi connectivity index (χ0v) is 21.0. The Hall–Kier alpha value is -3.38. The Balaban J connectivity index is 1.23. The highest BCUT2D eigenvalue weighted by Crippen LogP contribution is 2.29. The molecule has 1 atom stereocenters. The van der Waals surface area contributed by atoms with Crippen LogP contribution >= 0.6 is 0 Å². The molecule has 2 aliphatic rings. The van der Waals surface area contributed by atoms with E-state index in [1.165, 1.54) is 16.0 Å². The van der Waals surface area contributed by atoms with Gasteiger partial charge in [-0.05, 0) is 90.7 Å². The Morgan fingerprint density at radius 1 is 0.972 bits per heavy atom. The van der Waals surface area contributed by atoms with E-state index in [0.717, 1.165) is 61.7 Å². The maximum absolute atomic E-state index is 13.0. The molecule has 0 saturated carbocycles. The Labute approximate surface area is 212 Å². The van der Waals surface area contributed by atoms with E-state index in [9.17, 15) is 14.7 Å². The highest BCUT2D eigenvalue weighted by molar-refractivity contribution is 6.06. The minimum Gasteiger partial charge on any atom is -0.465 e. The third-order valence-electron chi connectivity index (χ3n) is 7.98. The molecule has 6 nitrogen and oxygen atoms in total. The fraction of sp³-hybridized carbons (Fsp3) is 0.400. The van der Waals surface area contributed by atoms with Crippen molar-refractivity contribution in [2.24, 2.45) is 5.92 Å². The number of carbonyl (C=O) groups excluding carboxylic acids is 1. The average molecular weight is 486 g/mol. The van der Waals surface area contributed by atoms with Crippen LogP contribution in [0.15, 0.2) is 60.7 Å². The number of likely N-dealkylation sites (N-methyl/N-ethyl adjacent to an activating group) is 1. The summed E-state index contributed by atoms with van der Waals surface area (Å²) in [5.74, 6) is 0.463. The molecule has 2 N–H and O–H groups in total. The summed E-state index contributed by atoms with van der Waals surface area (Å²) in [5, 5.41) is 14.5.